The predicted octanol–water partition coefficient (Wildman–Crippen LogP) is 20.0. The molecule has 354 valence electrons. The van der Waals surface area contributed by atoms with Crippen LogP contribution in [-0.2, 0) is 5.41 Å². The monoisotopic (exact) mass is 982 g/mol. The molecule has 0 radical (unpaired) electrons. The van der Waals surface area contributed by atoms with Gasteiger partial charge in [-0.1, -0.05) is 212 Å². The minimum absolute atomic E-state index is 0.476. The highest BCUT2D eigenvalue weighted by molar-refractivity contribution is 7.25. The summed E-state index contributed by atoms with van der Waals surface area (Å²) >= 11 is 1.87. The standard InChI is InChI=1S/C73H46N2S/c1-2-19-47(20-3-1)48-37-40-50(41-38-48)74(51-42-43-57-56-25-8-14-31-64(56)73(65(57)46-51)62-29-12-6-23-54(62)55-24-7-13-30-63(55)73)66-32-15-9-26-58(66)53-22-5-4-21-52(53)49-39-44-68-61(45-49)59-27-10-16-33-67(59)75(68)69-34-18-36-71-72(69)60-28-11-17-35-70(60)76-71/h1-46H. The lowest BCUT2D eigenvalue weighted by atomic mass is 9.70. The first kappa shape index (κ1) is 42.9. The number of aromatic nitrogens is 1. The van der Waals surface area contributed by atoms with Gasteiger partial charge in [0.15, 0.2) is 0 Å². The molecule has 1 spiro atoms. The number of rotatable bonds is 7. The van der Waals surface area contributed by atoms with Gasteiger partial charge in [-0.3, -0.25) is 0 Å². The summed E-state index contributed by atoms with van der Waals surface area (Å²) in [6.45, 7) is 0. The second-order valence-electron chi connectivity index (χ2n) is 20.3. The Bertz CT molecular complexity index is 4590. The van der Waals surface area contributed by atoms with E-state index in [1.54, 1.807) is 0 Å². The molecule has 3 heteroatoms. The molecule has 12 aromatic carbocycles. The third-order valence-electron chi connectivity index (χ3n) is 16.4. The number of para-hydroxylation sites is 2. The van der Waals surface area contributed by atoms with Crippen LogP contribution in [0.2, 0.25) is 0 Å². The Labute approximate surface area is 445 Å². The SMILES string of the molecule is c1ccc(-c2ccc(N(c3ccc4c(c3)C3(c5ccccc5-c5ccccc53)c3ccccc3-4)c3ccccc3-c3ccccc3-c3ccc4c(c3)c3ccccc3n4-c3cccc4sc5ccccc5c34)cc2)cc1. The maximum absolute atomic E-state index is 2.51. The topological polar surface area (TPSA) is 8.17 Å². The van der Waals surface area contributed by atoms with E-state index in [4.69, 9.17) is 0 Å². The summed E-state index contributed by atoms with van der Waals surface area (Å²) in [5.41, 5.74) is 24.0. The number of anilines is 3. The van der Waals surface area contributed by atoms with Gasteiger partial charge in [-0.25, -0.2) is 0 Å². The zero-order chi connectivity index (χ0) is 49.9. The minimum atomic E-state index is -0.476. The number of hydrogen-bond donors (Lipinski definition) is 0. The zero-order valence-electron chi connectivity index (χ0n) is 41.4. The summed E-state index contributed by atoms with van der Waals surface area (Å²) in [5, 5.41) is 5.07. The Balaban J connectivity index is 0.894. The van der Waals surface area contributed by atoms with E-state index >= 15 is 0 Å². The molecule has 14 aromatic rings. The van der Waals surface area contributed by atoms with Gasteiger partial charge in [0.1, 0.15) is 0 Å². The van der Waals surface area contributed by atoms with Crippen molar-refractivity contribution in [3.63, 3.8) is 0 Å². The lowest BCUT2D eigenvalue weighted by Crippen LogP contribution is -2.26. The third-order valence-corrected chi connectivity index (χ3v) is 17.6. The van der Waals surface area contributed by atoms with Crippen molar-refractivity contribution in [3.05, 3.63) is 301 Å². The van der Waals surface area contributed by atoms with E-state index in [1.165, 1.54) is 120 Å². The van der Waals surface area contributed by atoms with Crippen LogP contribution in [0.15, 0.2) is 279 Å². The Kier molecular flexibility index (Phi) is 9.45. The van der Waals surface area contributed by atoms with Crippen molar-refractivity contribution in [2.24, 2.45) is 0 Å². The molecule has 0 saturated carbocycles. The van der Waals surface area contributed by atoms with E-state index < -0.39 is 5.41 Å². The highest BCUT2D eigenvalue weighted by Crippen LogP contribution is 2.63. The maximum Gasteiger partial charge on any atom is 0.0726 e. The molecule has 76 heavy (non-hydrogen) atoms. The molecule has 2 heterocycles. The molecule has 0 amide bonds. The fourth-order valence-electron chi connectivity index (χ4n) is 13.3. The smallest absolute Gasteiger partial charge is 0.0726 e. The van der Waals surface area contributed by atoms with E-state index in [1.807, 2.05) is 11.3 Å². The van der Waals surface area contributed by atoms with Crippen LogP contribution in [0.3, 0.4) is 0 Å². The average molecular weight is 983 g/mol. The molecule has 0 aliphatic heterocycles. The van der Waals surface area contributed by atoms with Gasteiger partial charge in [-0.2, -0.15) is 0 Å². The first-order chi connectivity index (χ1) is 37.7. The summed E-state index contributed by atoms with van der Waals surface area (Å²) < 4.78 is 5.09. The van der Waals surface area contributed by atoms with Crippen molar-refractivity contribution in [3.8, 4) is 61.3 Å². The Morgan fingerprint density at radius 1 is 0.303 bits per heavy atom. The second-order valence-corrected chi connectivity index (χ2v) is 21.3. The molecule has 0 saturated heterocycles. The van der Waals surface area contributed by atoms with Gasteiger partial charge in [-0.05, 0) is 139 Å². The fourth-order valence-corrected chi connectivity index (χ4v) is 14.4. The first-order valence-corrected chi connectivity index (χ1v) is 27.1. The van der Waals surface area contributed by atoms with Crippen LogP contribution in [-0.4, -0.2) is 4.57 Å². The van der Waals surface area contributed by atoms with E-state index in [2.05, 4.69) is 289 Å². The van der Waals surface area contributed by atoms with Gasteiger partial charge in [0.05, 0.1) is 27.8 Å². The van der Waals surface area contributed by atoms with Crippen LogP contribution in [0.4, 0.5) is 17.1 Å². The first-order valence-electron chi connectivity index (χ1n) is 26.2. The van der Waals surface area contributed by atoms with Crippen molar-refractivity contribution in [2.45, 2.75) is 5.41 Å². The van der Waals surface area contributed by atoms with E-state index in [9.17, 15) is 0 Å². The summed E-state index contributed by atoms with van der Waals surface area (Å²) in [4.78, 5) is 2.50. The van der Waals surface area contributed by atoms with Crippen molar-refractivity contribution >= 4 is 70.4 Å². The van der Waals surface area contributed by atoms with E-state index in [0.717, 1.165) is 22.6 Å². The summed E-state index contributed by atoms with van der Waals surface area (Å²) in [6.07, 6.45) is 0. The zero-order valence-corrected chi connectivity index (χ0v) is 42.2. The van der Waals surface area contributed by atoms with Crippen LogP contribution >= 0.6 is 11.3 Å². The van der Waals surface area contributed by atoms with Gasteiger partial charge in [-0.15, -0.1) is 11.3 Å². The van der Waals surface area contributed by atoms with Crippen LogP contribution in [0.25, 0.3) is 103 Å². The minimum Gasteiger partial charge on any atom is -0.310 e. The second kappa shape index (κ2) is 16.7. The third kappa shape index (κ3) is 6.15. The molecular formula is C73H46N2S. The highest BCUT2D eigenvalue weighted by Gasteiger charge is 2.51. The lowest BCUT2D eigenvalue weighted by Gasteiger charge is -2.33. The molecule has 0 atom stereocenters. The van der Waals surface area contributed by atoms with Gasteiger partial charge in [0.2, 0.25) is 0 Å². The molecule has 2 aliphatic carbocycles. The molecule has 0 bridgehead atoms. The fraction of sp³-hybridized carbons (Fsp3) is 0.0137. The quantitative estimate of drug-likeness (QED) is 0.154. The van der Waals surface area contributed by atoms with Gasteiger partial charge >= 0.3 is 0 Å². The number of thiophene rings is 1. The molecule has 2 aliphatic rings. The largest absolute Gasteiger partial charge is 0.310 e. The normalized spacial score (nSPS) is 12.8. The maximum atomic E-state index is 2.51. The van der Waals surface area contributed by atoms with E-state index in [0.29, 0.717) is 0 Å². The number of benzene rings is 12. The van der Waals surface area contributed by atoms with Gasteiger partial charge in [0, 0.05) is 47.9 Å². The average Bonchev–Trinajstić information content (AvgIpc) is 4.36. The molecule has 2 nitrogen and oxygen atoms in total. The highest BCUT2D eigenvalue weighted by atomic mass is 32.1. The Morgan fingerprint density at radius 3 is 1.57 bits per heavy atom. The van der Waals surface area contributed by atoms with Crippen LogP contribution in [0.5, 0.6) is 0 Å². The van der Waals surface area contributed by atoms with Crippen LogP contribution in [0, 0.1) is 0 Å². The molecule has 0 unspecified atom stereocenters. The van der Waals surface area contributed by atoms with E-state index in [-0.39, 0.29) is 0 Å². The van der Waals surface area contributed by atoms with Gasteiger partial charge < -0.3 is 9.47 Å². The number of hydrogen-bond acceptors (Lipinski definition) is 2. The Hall–Kier alpha value is -9.54. The molecule has 0 N–H and O–H groups in total. The van der Waals surface area contributed by atoms with Crippen molar-refractivity contribution in [1.82, 2.24) is 4.57 Å². The molecular weight excluding hydrogens is 937 g/mol. The number of nitrogens with zero attached hydrogens (tertiary/aromatic N) is 2. The molecule has 0 fully saturated rings. The van der Waals surface area contributed by atoms with Crippen LogP contribution in [0.1, 0.15) is 22.3 Å². The van der Waals surface area contributed by atoms with Gasteiger partial charge in [0.25, 0.3) is 0 Å². The molecule has 2 aromatic heterocycles. The van der Waals surface area contributed by atoms with Crippen molar-refractivity contribution in [2.75, 3.05) is 4.90 Å². The summed E-state index contributed by atoms with van der Waals surface area (Å²) in [5.74, 6) is 0. The molecule has 16 rings (SSSR count). The van der Waals surface area contributed by atoms with Crippen LogP contribution < -0.4 is 4.90 Å². The lowest BCUT2D eigenvalue weighted by molar-refractivity contribution is 0.793. The summed E-state index contributed by atoms with van der Waals surface area (Å²) in [6, 6.07) is 104. The summed E-state index contributed by atoms with van der Waals surface area (Å²) in [7, 11) is 0. The van der Waals surface area contributed by atoms with Crippen molar-refractivity contribution in [1.29, 1.82) is 0 Å². The number of fused-ring (bicyclic) bond motifs is 16. The van der Waals surface area contributed by atoms with Crippen molar-refractivity contribution < 1.29 is 0 Å². The predicted molar refractivity (Wildman–Crippen MR) is 321 cm³/mol. The Morgan fingerprint density at radius 2 is 0.829 bits per heavy atom.